The first-order valence-corrected chi connectivity index (χ1v) is 6.89. The molecule has 0 amide bonds. The number of hydrogen-bond donors (Lipinski definition) is 1. The average molecular weight is 240 g/mol. The number of pyridine rings is 1. The second kappa shape index (κ2) is 20.4. The molecular formula is C15H32N2. The lowest BCUT2D eigenvalue weighted by molar-refractivity contribution is 0.772. The molecule has 2 nitrogen and oxygen atoms in total. The molecule has 0 aliphatic rings. The smallest absolute Gasteiger partial charge is 0.126 e. The van der Waals surface area contributed by atoms with Crippen molar-refractivity contribution in [2.45, 2.75) is 67.7 Å². The molecule has 2 heteroatoms. The van der Waals surface area contributed by atoms with Gasteiger partial charge in [0.2, 0.25) is 0 Å². The van der Waals surface area contributed by atoms with Crippen molar-refractivity contribution in [3.8, 4) is 0 Å². The van der Waals surface area contributed by atoms with Crippen molar-refractivity contribution in [1.82, 2.24) is 4.98 Å². The standard InChI is InChI=1S/C6H8N2.C5H12.2C2H6/c1-5-3-2-4-8-6(5)7;1-3-5-4-2;2*1-2/h2-4H,1H3,(H2,7,8);3-5H2,1-2H3;2*1-2H3. The molecule has 2 N–H and O–H groups in total. The van der Waals surface area contributed by atoms with Crippen molar-refractivity contribution < 1.29 is 0 Å². The Balaban J connectivity index is -0.000000190. The van der Waals surface area contributed by atoms with Crippen molar-refractivity contribution in [3.63, 3.8) is 0 Å². The molecule has 102 valence electrons. The van der Waals surface area contributed by atoms with Gasteiger partial charge >= 0.3 is 0 Å². The van der Waals surface area contributed by atoms with Gasteiger partial charge in [-0.25, -0.2) is 4.98 Å². The Kier molecular flexibility index (Phi) is 25.5. The van der Waals surface area contributed by atoms with Gasteiger partial charge in [0, 0.05) is 6.20 Å². The van der Waals surface area contributed by atoms with Crippen molar-refractivity contribution in [2.75, 3.05) is 5.73 Å². The summed E-state index contributed by atoms with van der Waals surface area (Å²) in [6, 6.07) is 3.80. The minimum Gasteiger partial charge on any atom is -0.383 e. The summed E-state index contributed by atoms with van der Waals surface area (Å²) < 4.78 is 0. The van der Waals surface area contributed by atoms with E-state index in [0.717, 1.165) is 5.56 Å². The maximum Gasteiger partial charge on any atom is 0.126 e. The second-order valence-electron chi connectivity index (χ2n) is 3.06. The first kappa shape index (κ1) is 21.3. The lowest BCUT2D eigenvalue weighted by Crippen LogP contribution is -1.90. The van der Waals surface area contributed by atoms with E-state index in [0.29, 0.717) is 5.82 Å². The van der Waals surface area contributed by atoms with E-state index in [9.17, 15) is 0 Å². The van der Waals surface area contributed by atoms with E-state index in [4.69, 9.17) is 5.73 Å². The molecular weight excluding hydrogens is 208 g/mol. The number of anilines is 1. The van der Waals surface area contributed by atoms with Crippen molar-refractivity contribution in [1.29, 1.82) is 0 Å². The highest BCUT2D eigenvalue weighted by Crippen LogP contribution is 2.01. The van der Waals surface area contributed by atoms with Crippen molar-refractivity contribution in [2.24, 2.45) is 0 Å². The first-order valence-electron chi connectivity index (χ1n) is 6.89. The van der Waals surface area contributed by atoms with Gasteiger partial charge in [-0.3, -0.25) is 0 Å². The molecule has 1 rings (SSSR count). The number of nitrogen functional groups attached to an aromatic ring is 1. The summed E-state index contributed by atoms with van der Waals surface area (Å²) in [4.78, 5) is 3.86. The van der Waals surface area contributed by atoms with Crippen LogP contribution in [-0.2, 0) is 0 Å². The Morgan fingerprint density at radius 3 is 1.71 bits per heavy atom. The predicted molar refractivity (Wildman–Crippen MR) is 81.3 cm³/mol. The molecule has 0 aliphatic heterocycles. The molecule has 1 aromatic rings. The zero-order chi connectivity index (χ0) is 14.1. The Labute approximate surface area is 109 Å². The van der Waals surface area contributed by atoms with Gasteiger partial charge in [-0.2, -0.15) is 0 Å². The largest absolute Gasteiger partial charge is 0.383 e. The van der Waals surface area contributed by atoms with Gasteiger partial charge in [-0.05, 0) is 18.6 Å². The van der Waals surface area contributed by atoms with Crippen LogP contribution < -0.4 is 5.73 Å². The molecule has 0 saturated heterocycles. The van der Waals surface area contributed by atoms with Crippen LogP contribution in [0.15, 0.2) is 18.3 Å². The molecule has 0 radical (unpaired) electrons. The number of nitrogens with zero attached hydrogens (tertiary/aromatic N) is 1. The molecule has 0 unspecified atom stereocenters. The predicted octanol–water partition coefficient (Wildman–Crippen LogP) is 5.22. The van der Waals surface area contributed by atoms with Crippen LogP contribution in [0, 0.1) is 6.92 Å². The molecule has 17 heavy (non-hydrogen) atoms. The molecule has 1 aromatic heterocycles. The molecule has 0 spiro atoms. The number of unbranched alkanes of at least 4 members (excludes halogenated alkanes) is 2. The molecule has 1 heterocycles. The number of aryl methyl sites for hydroxylation is 1. The fraction of sp³-hybridized carbons (Fsp3) is 0.667. The van der Waals surface area contributed by atoms with Gasteiger partial charge in [0.25, 0.3) is 0 Å². The third kappa shape index (κ3) is 17.6. The summed E-state index contributed by atoms with van der Waals surface area (Å²) >= 11 is 0. The Morgan fingerprint density at radius 1 is 1.06 bits per heavy atom. The zero-order valence-electron chi connectivity index (χ0n) is 12.9. The molecule has 0 saturated carbocycles. The topological polar surface area (TPSA) is 38.9 Å². The van der Waals surface area contributed by atoms with Crippen LogP contribution in [0.5, 0.6) is 0 Å². The number of rotatable bonds is 2. The van der Waals surface area contributed by atoms with Gasteiger partial charge in [0.1, 0.15) is 5.82 Å². The highest BCUT2D eigenvalue weighted by molar-refractivity contribution is 5.36. The van der Waals surface area contributed by atoms with Crippen LogP contribution in [-0.4, -0.2) is 4.98 Å². The van der Waals surface area contributed by atoms with E-state index in [-0.39, 0.29) is 0 Å². The molecule has 0 bridgehead atoms. The zero-order valence-corrected chi connectivity index (χ0v) is 12.9. The summed E-state index contributed by atoms with van der Waals surface area (Å²) in [5, 5.41) is 0. The van der Waals surface area contributed by atoms with Crippen LogP contribution in [0.2, 0.25) is 0 Å². The highest BCUT2D eigenvalue weighted by atomic mass is 14.8. The van der Waals surface area contributed by atoms with Gasteiger partial charge in [0.05, 0.1) is 0 Å². The maximum absolute atomic E-state index is 5.41. The summed E-state index contributed by atoms with van der Waals surface area (Å²) in [5.74, 6) is 0.618. The fourth-order valence-electron chi connectivity index (χ4n) is 0.851. The molecule has 0 aliphatic carbocycles. The van der Waals surface area contributed by atoms with E-state index in [2.05, 4.69) is 18.8 Å². The van der Waals surface area contributed by atoms with Crippen molar-refractivity contribution >= 4 is 5.82 Å². The minimum absolute atomic E-state index is 0.618. The normalized spacial score (nSPS) is 7.47. The van der Waals surface area contributed by atoms with Crippen LogP contribution in [0.4, 0.5) is 5.82 Å². The first-order chi connectivity index (χ1) is 8.22. The molecule has 0 fully saturated rings. The summed E-state index contributed by atoms with van der Waals surface area (Å²) in [7, 11) is 0. The van der Waals surface area contributed by atoms with Crippen LogP contribution in [0.3, 0.4) is 0 Å². The van der Waals surface area contributed by atoms with Gasteiger partial charge in [0.15, 0.2) is 0 Å². The number of aromatic nitrogens is 1. The maximum atomic E-state index is 5.41. The van der Waals surface area contributed by atoms with E-state index in [1.165, 1.54) is 19.3 Å². The lowest BCUT2D eigenvalue weighted by atomic mass is 10.3. The fourth-order valence-corrected chi connectivity index (χ4v) is 0.851. The number of hydrogen-bond acceptors (Lipinski definition) is 2. The lowest BCUT2D eigenvalue weighted by Gasteiger charge is -1.92. The second-order valence-corrected chi connectivity index (χ2v) is 3.06. The van der Waals surface area contributed by atoms with Crippen LogP contribution in [0.25, 0.3) is 0 Å². The Hall–Kier alpha value is -1.05. The summed E-state index contributed by atoms with van der Waals surface area (Å²) in [6.45, 7) is 14.4. The highest BCUT2D eigenvalue weighted by Gasteiger charge is 1.86. The van der Waals surface area contributed by atoms with E-state index >= 15 is 0 Å². The quantitative estimate of drug-likeness (QED) is 0.769. The molecule has 0 atom stereocenters. The van der Waals surface area contributed by atoms with Crippen molar-refractivity contribution in [3.05, 3.63) is 23.9 Å². The van der Waals surface area contributed by atoms with E-state index in [1.54, 1.807) is 6.20 Å². The van der Waals surface area contributed by atoms with E-state index in [1.807, 2.05) is 46.8 Å². The number of nitrogens with two attached hydrogens (primary N) is 1. The SMILES string of the molecule is CC.CC.CCCCC.Cc1cccnc1N. The third-order valence-corrected chi connectivity index (χ3v) is 1.76. The van der Waals surface area contributed by atoms with Gasteiger partial charge < -0.3 is 5.73 Å². The monoisotopic (exact) mass is 240 g/mol. The third-order valence-electron chi connectivity index (χ3n) is 1.76. The van der Waals surface area contributed by atoms with Gasteiger partial charge in [-0.15, -0.1) is 0 Å². The van der Waals surface area contributed by atoms with Crippen LogP contribution >= 0.6 is 0 Å². The van der Waals surface area contributed by atoms with Gasteiger partial charge in [-0.1, -0.05) is 66.9 Å². The minimum atomic E-state index is 0.618. The van der Waals surface area contributed by atoms with Crippen LogP contribution in [0.1, 0.15) is 66.4 Å². The summed E-state index contributed by atoms with van der Waals surface area (Å²) in [5.41, 5.74) is 6.44. The molecule has 0 aromatic carbocycles. The van der Waals surface area contributed by atoms with E-state index < -0.39 is 0 Å². The average Bonchev–Trinajstić information content (AvgIpc) is 2.40. The Morgan fingerprint density at radius 2 is 1.53 bits per heavy atom. The Bertz CT molecular complexity index is 199. The summed E-state index contributed by atoms with van der Waals surface area (Å²) in [6.07, 6.45) is 5.76.